The molecule has 2 aromatic carbocycles. The highest BCUT2D eigenvalue weighted by Gasteiger charge is 2.07. The molecule has 0 fully saturated rings. The lowest BCUT2D eigenvalue weighted by molar-refractivity contribution is 0.482. The molecule has 0 aliphatic rings. The topological polar surface area (TPSA) is 33.0 Å². The van der Waals surface area contributed by atoms with Crippen LogP contribution in [0, 0.1) is 18.3 Å². The lowest BCUT2D eigenvalue weighted by Crippen LogP contribution is -1.88. The zero-order valence-electron chi connectivity index (χ0n) is 9.58. The maximum absolute atomic E-state index is 8.75. The number of ether oxygens (including phenoxy) is 1. The van der Waals surface area contributed by atoms with Gasteiger partial charge >= 0.3 is 0 Å². The third-order valence-electron chi connectivity index (χ3n) is 2.37. The molecular formula is C14H9Cl2NO. The molecule has 4 heteroatoms. The number of hydrogen-bond acceptors (Lipinski definition) is 2. The van der Waals surface area contributed by atoms with Crippen LogP contribution in [0.25, 0.3) is 0 Å². The van der Waals surface area contributed by atoms with E-state index in [9.17, 15) is 0 Å². The van der Waals surface area contributed by atoms with E-state index in [1.54, 1.807) is 24.3 Å². The number of halogens is 2. The van der Waals surface area contributed by atoms with Crippen molar-refractivity contribution in [2.24, 2.45) is 0 Å². The van der Waals surface area contributed by atoms with E-state index in [0.29, 0.717) is 27.1 Å². The summed E-state index contributed by atoms with van der Waals surface area (Å²) in [6, 6.07) is 12.4. The van der Waals surface area contributed by atoms with Gasteiger partial charge in [0.15, 0.2) is 0 Å². The minimum absolute atomic E-state index is 0.381. The van der Waals surface area contributed by atoms with Crippen LogP contribution in [0.5, 0.6) is 11.5 Å². The van der Waals surface area contributed by atoms with Crippen molar-refractivity contribution in [3.05, 3.63) is 57.6 Å². The van der Waals surface area contributed by atoms with E-state index < -0.39 is 0 Å². The molecule has 0 bridgehead atoms. The fourth-order valence-electron chi connectivity index (χ4n) is 1.46. The van der Waals surface area contributed by atoms with Crippen LogP contribution in [0.3, 0.4) is 0 Å². The molecule has 0 saturated carbocycles. The summed E-state index contributed by atoms with van der Waals surface area (Å²) in [4.78, 5) is 0. The molecule has 0 saturated heterocycles. The molecular weight excluding hydrogens is 269 g/mol. The molecule has 18 heavy (non-hydrogen) atoms. The summed E-state index contributed by atoms with van der Waals surface area (Å²) < 4.78 is 5.65. The Morgan fingerprint density at radius 3 is 2.44 bits per heavy atom. The lowest BCUT2D eigenvalue weighted by Gasteiger charge is -2.09. The Hall–Kier alpha value is -1.69. The monoisotopic (exact) mass is 277 g/mol. The minimum Gasteiger partial charge on any atom is -0.454 e. The Morgan fingerprint density at radius 2 is 1.78 bits per heavy atom. The van der Waals surface area contributed by atoms with Crippen LogP contribution in [-0.4, -0.2) is 0 Å². The Bertz CT molecular complexity index is 632. The molecule has 2 rings (SSSR count). The van der Waals surface area contributed by atoms with Crippen LogP contribution in [0.2, 0.25) is 10.0 Å². The van der Waals surface area contributed by atoms with Crippen molar-refractivity contribution in [2.75, 3.05) is 0 Å². The normalized spacial score (nSPS) is 9.89. The Labute approximate surface area is 115 Å². The molecule has 90 valence electrons. The summed E-state index contributed by atoms with van der Waals surface area (Å²) in [5.74, 6) is 1.02. The number of hydrogen-bond donors (Lipinski definition) is 0. The fourth-order valence-corrected chi connectivity index (χ4v) is 1.84. The zero-order valence-corrected chi connectivity index (χ0v) is 11.1. The Morgan fingerprint density at radius 1 is 1.00 bits per heavy atom. The third kappa shape index (κ3) is 2.76. The van der Waals surface area contributed by atoms with Crippen molar-refractivity contribution in [1.82, 2.24) is 0 Å². The van der Waals surface area contributed by atoms with Crippen LogP contribution < -0.4 is 4.74 Å². The largest absolute Gasteiger partial charge is 0.454 e. The highest BCUT2D eigenvalue weighted by Crippen LogP contribution is 2.34. The molecule has 0 atom stereocenters. The molecule has 0 spiro atoms. The van der Waals surface area contributed by atoms with E-state index in [2.05, 4.69) is 0 Å². The number of nitriles is 1. The van der Waals surface area contributed by atoms with Gasteiger partial charge in [-0.15, -0.1) is 0 Å². The lowest BCUT2D eigenvalue weighted by atomic mass is 10.2. The van der Waals surface area contributed by atoms with Crippen molar-refractivity contribution in [2.45, 2.75) is 6.92 Å². The second kappa shape index (κ2) is 5.30. The van der Waals surface area contributed by atoms with Gasteiger partial charge in [-0.2, -0.15) is 5.26 Å². The van der Waals surface area contributed by atoms with Gasteiger partial charge in [0.25, 0.3) is 0 Å². The molecule has 2 aromatic rings. The van der Waals surface area contributed by atoms with Crippen LogP contribution >= 0.6 is 23.2 Å². The summed E-state index contributed by atoms with van der Waals surface area (Å²) in [5.41, 5.74) is 1.53. The van der Waals surface area contributed by atoms with Gasteiger partial charge in [0, 0.05) is 0 Å². The first kappa shape index (κ1) is 12.8. The van der Waals surface area contributed by atoms with Crippen molar-refractivity contribution in [3.63, 3.8) is 0 Å². The van der Waals surface area contributed by atoms with E-state index in [0.717, 1.165) is 5.56 Å². The van der Waals surface area contributed by atoms with Gasteiger partial charge in [0.1, 0.15) is 11.5 Å². The summed E-state index contributed by atoms with van der Waals surface area (Å²) in [7, 11) is 0. The second-order valence-corrected chi connectivity index (χ2v) is 4.61. The van der Waals surface area contributed by atoms with E-state index in [1.165, 1.54) is 0 Å². The molecule has 0 unspecified atom stereocenters. The molecule has 0 aromatic heterocycles. The highest BCUT2D eigenvalue weighted by atomic mass is 35.5. The van der Waals surface area contributed by atoms with E-state index >= 15 is 0 Å². The van der Waals surface area contributed by atoms with Gasteiger partial charge in [0.2, 0.25) is 0 Å². The summed E-state index contributed by atoms with van der Waals surface area (Å²) >= 11 is 12.1. The van der Waals surface area contributed by atoms with Crippen LogP contribution in [0.4, 0.5) is 0 Å². The molecule has 0 aliphatic carbocycles. The van der Waals surface area contributed by atoms with Crippen molar-refractivity contribution < 1.29 is 4.74 Å². The standard InChI is InChI=1S/C14H9Cl2NO/c1-9-2-4-11(15)14(6-9)18-13-5-3-10(8-17)7-12(13)16/h2-7H,1H3. The number of aryl methyl sites for hydroxylation is 1. The first-order valence-electron chi connectivity index (χ1n) is 5.24. The average molecular weight is 278 g/mol. The summed E-state index contributed by atoms with van der Waals surface area (Å²) in [6.07, 6.45) is 0. The molecule has 2 nitrogen and oxygen atoms in total. The predicted molar refractivity (Wildman–Crippen MR) is 72.4 cm³/mol. The number of rotatable bonds is 2. The van der Waals surface area contributed by atoms with Crippen molar-refractivity contribution >= 4 is 23.2 Å². The van der Waals surface area contributed by atoms with Gasteiger partial charge in [0.05, 0.1) is 21.7 Å². The van der Waals surface area contributed by atoms with Gasteiger partial charge in [-0.3, -0.25) is 0 Å². The maximum Gasteiger partial charge on any atom is 0.146 e. The average Bonchev–Trinajstić information content (AvgIpc) is 2.36. The van der Waals surface area contributed by atoms with E-state index in [1.807, 2.05) is 25.1 Å². The first-order chi connectivity index (χ1) is 8.60. The molecule has 0 radical (unpaired) electrons. The number of benzene rings is 2. The Balaban J connectivity index is 2.34. The van der Waals surface area contributed by atoms with Crippen LogP contribution in [-0.2, 0) is 0 Å². The predicted octanol–water partition coefficient (Wildman–Crippen LogP) is 4.97. The van der Waals surface area contributed by atoms with Gasteiger partial charge in [-0.05, 0) is 42.8 Å². The third-order valence-corrected chi connectivity index (χ3v) is 2.98. The highest BCUT2D eigenvalue weighted by molar-refractivity contribution is 6.33. The van der Waals surface area contributed by atoms with Crippen molar-refractivity contribution in [1.29, 1.82) is 5.26 Å². The minimum atomic E-state index is 0.381. The maximum atomic E-state index is 8.75. The van der Waals surface area contributed by atoms with E-state index in [-0.39, 0.29) is 0 Å². The van der Waals surface area contributed by atoms with Crippen molar-refractivity contribution in [3.8, 4) is 17.6 Å². The molecule has 0 aliphatic heterocycles. The summed E-state index contributed by atoms with van der Waals surface area (Å²) in [5, 5.41) is 9.65. The Kier molecular flexibility index (Phi) is 3.76. The van der Waals surface area contributed by atoms with Crippen LogP contribution in [0.15, 0.2) is 36.4 Å². The second-order valence-electron chi connectivity index (χ2n) is 3.79. The molecule has 0 N–H and O–H groups in total. The summed E-state index contributed by atoms with van der Waals surface area (Å²) in [6.45, 7) is 1.95. The number of nitrogens with zero attached hydrogens (tertiary/aromatic N) is 1. The fraction of sp³-hybridized carbons (Fsp3) is 0.0714. The van der Waals surface area contributed by atoms with Gasteiger partial charge in [-0.1, -0.05) is 29.3 Å². The molecule has 0 amide bonds. The molecule has 0 heterocycles. The first-order valence-corrected chi connectivity index (χ1v) is 5.99. The van der Waals surface area contributed by atoms with Crippen LogP contribution in [0.1, 0.15) is 11.1 Å². The zero-order chi connectivity index (χ0) is 13.1. The SMILES string of the molecule is Cc1ccc(Cl)c(Oc2ccc(C#N)cc2Cl)c1. The quantitative estimate of drug-likeness (QED) is 0.777. The van der Waals surface area contributed by atoms with Gasteiger partial charge in [-0.25, -0.2) is 0 Å². The van der Waals surface area contributed by atoms with E-state index in [4.69, 9.17) is 33.2 Å². The van der Waals surface area contributed by atoms with Gasteiger partial charge < -0.3 is 4.74 Å². The smallest absolute Gasteiger partial charge is 0.146 e.